The quantitative estimate of drug-likeness (QED) is 0.550. The van der Waals surface area contributed by atoms with Crippen molar-refractivity contribution in [3.05, 3.63) is 34.3 Å². The van der Waals surface area contributed by atoms with E-state index in [4.69, 9.17) is 25.3 Å². The van der Waals surface area contributed by atoms with Gasteiger partial charge in [0.2, 0.25) is 5.79 Å². The van der Waals surface area contributed by atoms with Gasteiger partial charge in [0.1, 0.15) is 6.10 Å². The molecule has 1 heterocycles. The van der Waals surface area contributed by atoms with Crippen molar-refractivity contribution in [3.8, 4) is 0 Å². The maximum Gasteiger partial charge on any atom is 0.205 e. The van der Waals surface area contributed by atoms with Crippen LogP contribution in [-0.2, 0) is 19.4 Å². The van der Waals surface area contributed by atoms with Gasteiger partial charge in [0, 0.05) is 16.8 Å². The molecule has 1 aliphatic heterocycles. The van der Waals surface area contributed by atoms with Gasteiger partial charge in [-0.1, -0.05) is 44.4 Å². The normalized spacial score (nSPS) is 27.2. The van der Waals surface area contributed by atoms with Crippen molar-refractivity contribution in [1.82, 2.24) is 0 Å². The van der Waals surface area contributed by atoms with Gasteiger partial charge in [0.05, 0.1) is 18.5 Å². The molecule has 0 N–H and O–H groups in total. The third kappa shape index (κ3) is 4.09. The molecule has 6 heteroatoms. The fraction of sp³-hybridized carbons (Fsp3) is 0.533. The van der Waals surface area contributed by atoms with Crippen LogP contribution in [0.5, 0.6) is 0 Å². The molecule has 1 aliphatic rings. The summed E-state index contributed by atoms with van der Waals surface area (Å²) in [6, 6.07) is 5.75. The summed E-state index contributed by atoms with van der Waals surface area (Å²) in [6.07, 6.45) is 1.98. The van der Waals surface area contributed by atoms with E-state index >= 15 is 0 Å². The van der Waals surface area contributed by atoms with Gasteiger partial charge in [0.15, 0.2) is 0 Å². The Bertz CT molecular complexity index is 538. The van der Waals surface area contributed by atoms with Gasteiger partial charge in [-0.05, 0) is 36.9 Å². The lowest BCUT2D eigenvalue weighted by molar-refractivity contribution is -0.159. The average Bonchev–Trinajstić information content (AvgIpc) is 2.89. The van der Waals surface area contributed by atoms with Gasteiger partial charge in [-0.2, -0.15) is 0 Å². The van der Waals surface area contributed by atoms with Gasteiger partial charge in [-0.25, -0.2) is 0 Å². The summed E-state index contributed by atoms with van der Waals surface area (Å²) in [5.41, 5.74) is 2.06. The highest BCUT2D eigenvalue weighted by Gasteiger charge is 2.43. The van der Waals surface area contributed by atoms with E-state index in [2.05, 4.69) is 15.9 Å². The Labute approximate surface area is 142 Å². The number of hydrogen-bond donors (Lipinski definition) is 0. The van der Waals surface area contributed by atoms with E-state index in [1.165, 1.54) is 0 Å². The van der Waals surface area contributed by atoms with Gasteiger partial charge >= 0.3 is 0 Å². The van der Waals surface area contributed by atoms with E-state index in [0.29, 0.717) is 23.6 Å². The predicted molar refractivity (Wildman–Crippen MR) is 93.7 cm³/mol. The van der Waals surface area contributed by atoms with Crippen LogP contribution < -0.4 is 0 Å². The predicted octanol–water partition coefficient (Wildman–Crippen LogP) is 4.26. The largest absolute Gasteiger partial charge is 0.342 e. The Morgan fingerprint density at radius 3 is 2.95 bits per heavy atom. The van der Waals surface area contributed by atoms with Crippen molar-refractivity contribution in [2.24, 2.45) is 0 Å². The molecule has 0 bridgehead atoms. The highest BCUT2D eigenvalue weighted by atomic mass is 79.9. The van der Waals surface area contributed by atoms with E-state index in [9.17, 15) is 0 Å². The first-order valence-corrected chi connectivity index (χ1v) is 9.84. The lowest BCUT2D eigenvalue weighted by atomic mass is 10.0. The fourth-order valence-corrected chi connectivity index (χ4v) is 3.56. The minimum absolute atomic E-state index is 0.0625. The molecule has 0 radical (unpaired) electrons. The molecule has 21 heavy (non-hydrogen) atoms. The molecule has 3 nitrogen and oxygen atoms in total. The molecule has 3 atom stereocenters. The first-order valence-electron chi connectivity index (χ1n) is 6.72. The molecule has 0 aromatic heterocycles. The number of aryl methyl sites for hydroxylation is 1. The topological polar surface area (TPSA) is 27.7 Å². The maximum absolute atomic E-state index is 6.15. The smallest absolute Gasteiger partial charge is 0.205 e. The average molecular weight is 396 g/mol. The molecule has 1 aromatic carbocycles. The Morgan fingerprint density at radius 2 is 2.33 bits per heavy atom. The second-order valence-corrected chi connectivity index (χ2v) is 7.62. The van der Waals surface area contributed by atoms with Crippen LogP contribution in [0.25, 0.3) is 0 Å². The fourth-order valence-electron chi connectivity index (χ4n) is 2.24. The molecule has 0 aliphatic carbocycles. The van der Waals surface area contributed by atoms with Gasteiger partial charge in [-0.3, -0.25) is 0 Å². The van der Waals surface area contributed by atoms with Crippen LogP contribution in [0.3, 0.4) is 0 Å². The summed E-state index contributed by atoms with van der Waals surface area (Å²) >= 11 is 9.54. The standard InChI is InChI=1S/C15H20BrClO3S/c1-4-21(3)19-9-13-8-18-15(10-16,20-13)14-6-5-12(17)7-11(14)2/h4-7,13H,8-10H2,1-3H3/t13-,15+,21?/m0/s1. The molecular weight excluding hydrogens is 376 g/mol. The second-order valence-electron chi connectivity index (χ2n) is 4.92. The SMILES string of the molecule is C/C=S(\C)OC[C@@H]1CO[C@@](CBr)(c2ccc(Cl)cc2C)O1. The zero-order valence-electron chi connectivity index (χ0n) is 12.4. The molecule has 1 fully saturated rings. The van der Waals surface area contributed by atoms with Crippen molar-refractivity contribution < 1.29 is 13.7 Å². The van der Waals surface area contributed by atoms with E-state index in [1.807, 2.05) is 43.7 Å². The number of halogens is 2. The van der Waals surface area contributed by atoms with Crippen LogP contribution in [0.15, 0.2) is 18.2 Å². The van der Waals surface area contributed by atoms with Crippen molar-refractivity contribution in [2.45, 2.75) is 25.7 Å². The third-order valence-corrected chi connectivity index (χ3v) is 5.55. The van der Waals surface area contributed by atoms with Crippen LogP contribution in [0.2, 0.25) is 5.02 Å². The number of alkyl halides is 1. The molecule has 1 aromatic rings. The van der Waals surface area contributed by atoms with E-state index in [0.717, 1.165) is 11.1 Å². The van der Waals surface area contributed by atoms with Crippen molar-refractivity contribution in [2.75, 3.05) is 24.8 Å². The van der Waals surface area contributed by atoms with Crippen LogP contribution >= 0.6 is 38.3 Å². The molecule has 0 amide bonds. The van der Waals surface area contributed by atoms with Gasteiger partial charge < -0.3 is 13.7 Å². The molecule has 0 saturated carbocycles. The summed E-state index contributed by atoms with van der Waals surface area (Å²) in [4.78, 5) is 0. The number of rotatable bonds is 5. The number of benzene rings is 1. The van der Waals surface area contributed by atoms with E-state index in [-0.39, 0.29) is 16.9 Å². The lowest BCUT2D eigenvalue weighted by Crippen LogP contribution is -2.31. The summed E-state index contributed by atoms with van der Waals surface area (Å²) in [6.45, 7) is 5.06. The van der Waals surface area contributed by atoms with Crippen molar-refractivity contribution in [3.63, 3.8) is 0 Å². The van der Waals surface area contributed by atoms with Crippen molar-refractivity contribution >= 4 is 43.7 Å². The Morgan fingerprint density at radius 1 is 1.57 bits per heavy atom. The Kier molecular flexibility index (Phi) is 6.29. The van der Waals surface area contributed by atoms with Crippen LogP contribution in [0.4, 0.5) is 0 Å². The number of ether oxygens (including phenoxy) is 2. The Hall–Kier alpha value is 0.0900. The summed E-state index contributed by atoms with van der Waals surface area (Å²) < 4.78 is 17.9. The highest BCUT2D eigenvalue weighted by molar-refractivity contribution is 9.09. The highest BCUT2D eigenvalue weighted by Crippen LogP contribution is 2.38. The van der Waals surface area contributed by atoms with Gasteiger partial charge in [-0.15, -0.1) is 0 Å². The Balaban J connectivity index is 2.13. The van der Waals surface area contributed by atoms with Crippen LogP contribution in [0, 0.1) is 6.92 Å². The molecule has 1 unspecified atom stereocenters. The van der Waals surface area contributed by atoms with Crippen LogP contribution in [-0.4, -0.2) is 36.3 Å². The molecule has 2 rings (SSSR count). The lowest BCUT2D eigenvalue weighted by Gasteiger charge is -2.28. The summed E-state index contributed by atoms with van der Waals surface area (Å²) in [7, 11) is -0.141. The first-order chi connectivity index (χ1) is 10.0. The molecule has 1 saturated heterocycles. The number of hydrogen-bond acceptors (Lipinski definition) is 3. The monoisotopic (exact) mass is 394 g/mol. The van der Waals surface area contributed by atoms with Crippen LogP contribution in [0.1, 0.15) is 18.1 Å². The minimum Gasteiger partial charge on any atom is -0.342 e. The molecule has 0 spiro atoms. The van der Waals surface area contributed by atoms with E-state index in [1.54, 1.807) is 0 Å². The van der Waals surface area contributed by atoms with Crippen molar-refractivity contribution in [1.29, 1.82) is 0 Å². The summed E-state index contributed by atoms with van der Waals surface area (Å²) in [5, 5.41) is 3.32. The zero-order chi connectivity index (χ0) is 15.5. The molecule has 118 valence electrons. The summed E-state index contributed by atoms with van der Waals surface area (Å²) in [5.74, 6) is -0.759. The second kappa shape index (κ2) is 7.57. The molecular formula is C15H20BrClO3S. The maximum atomic E-state index is 6.15. The zero-order valence-corrected chi connectivity index (χ0v) is 15.6. The third-order valence-electron chi connectivity index (χ3n) is 3.41. The van der Waals surface area contributed by atoms with Gasteiger partial charge in [0.25, 0.3) is 0 Å². The minimum atomic E-state index is -0.759. The first kappa shape index (κ1) is 17.4. The van der Waals surface area contributed by atoms with E-state index < -0.39 is 5.79 Å².